The molecule has 1 aliphatic heterocycles. The molecule has 0 aromatic carbocycles. The second kappa shape index (κ2) is 5.03. The maximum absolute atomic E-state index is 11.9. The molecular formula is C10H13ClN4O3S. The minimum atomic E-state index is -3.58. The van der Waals surface area contributed by atoms with E-state index in [1.165, 1.54) is 11.1 Å². The molecule has 1 fully saturated rings. The third kappa shape index (κ3) is 3.40. The van der Waals surface area contributed by atoms with Gasteiger partial charge in [0, 0.05) is 18.9 Å². The molecule has 1 aromatic rings. The Balaban J connectivity index is 2.20. The van der Waals surface area contributed by atoms with Crippen LogP contribution in [0.1, 0.15) is 12.1 Å². The minimum absolute atomic E-state index is 0.106. The molecule has 1 unspecified atom stereocenters. The molecule has 0 bridgehead atoms. The molecule has 2 rings (SSSR count). The maximum Gasteiger partial charge on any atom is 0.227 e. The molecule has 1 aromatic heterocycles. The normalized spacial score (nSPS) is 20.1. The summed E-state index contributed by atoms with van der Waals surface area (Å²) >= 11 is 5.65. The van der Waals surface area contributed by atoms with Crippen LogP contribution in [0.25, 0.3) is 0 Å². The van der Waals surface area contributed by atoms with Gasteiger partial charge in [-0.1, -0.05) is 0 Å². The van der Waals surface area contributed by atoms with Crippen LogP contribution in [0.5, 0.6) is 0 Å². The topological polar surface area (TPSA) is 106 Å². The van der Waals surface area contributed by atoms with E-state index in [1.807, 2.05) is 0 Å². The van der Waals surface area contributed by atoms with Gasteiger partial charge in [-0.15, -0.1) is 0 Å². The highest BCUT2D eigenvalue weighted by atomic mass is 35.5. The molecule has 1 saturated heterocycles. The highest BCUT2D eigenvalue weighted by molar-refractivity contribution is 7.89. The number of carbonyl (C=O) groups excluding carboxylic acids is 1. The van der Waals surface area contributed by atoms with Gasteiger partial charge in [-0.3, -0.25) is 4.79 Å². The zero-order chi connectivity index (χ0) is 14.2. The van der Waals surface area contributed by atoms with E-state index in [4.69, 9.17) is 16.7 Å². The molecule has 0 aliphatic carbocycles. The van der Waals surface area contributed by atoms with Crippen LogP contribution >= 0.6 is 11.6 Å². The summed E-state index contributed by atoms with van der Waals surface area (Å²) in [5, 5.41) is 5.10. The molecule has 1 atom stereocenters. The first kappa shape index (κ1) is 14.2. The number of carbonyl (C=O) groups is 1. The zero-order valence-corrected chi connectivity index (χ0v) is 11.8. The second-order valence-corrected chi connectivity index (χ2v) is 6.51. The van der Waals surface area contributed by atoms with E-state index in [1.54, 1.807) is 6.92 Å². The van der Waals surface area contributed by atoms with Crippen LogP contribution in [-0.2, 0) is 14.8 Å². The Morgan fingerprint density at radius 3 is 2.84 bits per heavy atom. The summed E-state index contributed by atoms with van der Waals surface area (Å²) in [6, 6.07) is 0. The standard InChI is InChI=1S/C10H13ClN4O3S/c1-6-8(3-13-10(11)14-6)15-4-7(2-9(15)16)5-19(12,17)18/h3,7H,2,4-5H2,1H3,(H2,12,17,18). The van der Waals surface area contributed by atoms with Crippen molar-refractivity contribution in [3.8, 4) is 0 Å². The van der Waals surface area contributed by atoms with Crippen molar-refractivity contribution in [2.45, 2.75) is 13.3 Å². The first-order chi connectivity index (χ1) is 8.76. The molecule has 1 amide bonds. The van der Waals surface area contributed by atoms with Crippen LogP contribution in [0, 0.1) is 12.8 Å². The SMILES string of the molecule is Cc1nc(Cl)ncc1N1CC(CS(N)(=O)=O)CC1=O. The molecule has 1 aliphatic rings. The van der Waals surface area contributed by atoms with Gasteiger partial charge in [0.25, 0.3) is 0 Å². The van der Waals surface area contributed by atoms with E-state index < -0.39 is 10.0 Å². The summed E-state index contributed by atoms with van der Waals surface area (Å²) in [5.74, 6) is -0.678. The predicted octanol–water partition coefficient (Wildman–Crippen LogP) is 0.0798. The van der Waals surface area contributed by atoms with E-state index in [0.29, 0.717) is 17.9 Å². The Labute approximate surface area is 115 Å². The Morgan fingerprint density at radius 1 is 1.58 bits per heavy atom. The average molecular weight is 305 g/mol. The number of rotatable bonds is 3. The van der Waals surface area contributed by atoms with Crippen LogP contribution in [0.15, 0.2) is 6.20 Å². The highest BCUT2D eigenvalue weighted by Gasteiger charge is 2.33. The van der Waals surface area contributed by atoms with Crippen LogP contribution < -0.4 is 10.0 Å². The number of hydrogen-bond acceptors (Lipinski definition) is 5. The summed E-state index contributed by atoms with van der Waals surface area (Å²) in [7, 11) is -3.58. The number of amides is 1. The fourth-order valence-corrected chi connectivity index (χ4v) is 3.21. The maximum atomic E-state index is 11.9. The van der Waals surface area contributed by atoms with Crippen molar-refractivity contribution in [1.82, 2.24) is 9.97 Å². The number of primary sulfonamides is 1. The predicted molar refractivity (Wildman–Crippen MR) is 70.2 cm³/mol. The highest BCUT2D eigenvalue weighted by Crippen LogP contribution is 2.27. The van der Waals surface area contributed by atoms with Gasteiger partial charge in [0.15, 0.2) is 0 Å². The van der Waals surface area contributed by atoms with Gasteiger partial charge >= 0.3 is 0 Å². The summed E-state index contributed by atoms with van der Waals surface area (Å²) in [4.78, 5) is 21.2. The molecule has 7 nitrogen and oxygen atoms in total. The summed E-state index contributed by atoms with van der Waals surface area (Å²) in [6.07, 6.45) is 1.61. The largest absolute Gasteiger partial charge is 0.309 e. The smallest absolute Gasteiger partial charge is 0.227 e. The van der Waals surface area contributed by atoms with Crippen molar-refractivity contribution in [1.29, 1.82) is 0 Å². The molecule has 0 spiro atoms. The van der Waals surface area contributed by atoms with E-state index in [0.717, 1.165) is 0 Å². The van der Waals surface area contributed by atoms with Crippen molar-refractivity contribution in [3.05, 3.63) is 17.2 Å². The fraction of sp³-hybridized carbons (Fsp3) is 0.500. The quantitative estimate of drug-likeness (QED) is 0.796. The molecular weight excluding hydrogens is 292 g/mol. The number of aryl methyl sites for hydroxylation is 1. The van der Waals surface area contributed by atoms with Crippen LogP contribution in [-0.4, -0.2) is 36.6 Å². The second-order valence-electron chi connectivity index (χ2n) is 4.51. The van der Waals surface area contributed by atoms with Crippen molar-refractivity contribution < 1.29 is 13.2 Å². The average Bonchev–Trinajstić information content (AvgIpc) is 2.56. The van der Waals surface area contributed by atoms with Crippen LogP contribution in [0.2, 0.25) is 5.28 Å². The number of halogens is 1. The molecule has 2 heterocycles. The first-order valence-corrected chi connectivity index (χ1v) is 7.65. The molecule has 104 valence electrons. The lowest BCUT2D eigenvalue weighted by Crippen LogP contribution is -2.28. The van der Waals surface area contributed by atoms with Gasteiger partial charge in [0.2, 0.25) is 21.2 Å². The van der Waals surface area contributed by atoms with E-state index >= 15 is 0 Å². The third-order valence-corrected chi connectivity index (χ3v) is 4.01. The van der Waals surface area contributed by atoms with Crippen LogP contribution in [0.3, 0.4) is 0 Å². The fourth-order valence-electron chi connectivity index (χ4n) is 2.15. The van der Waals surface area contributed by atoms with Crippen LogP contribution in [0.4, 0.5) is 5.69 Å². The first-order valence-electron chi connectivity index (χ1n) is 5.56. The Kier molecular flexibility index (Phi) is 3.75. The van der Waals surface area contributed by atoms with Gasteiger partial charge in [-0.2, -0.15) is 0 Å². The van der Waals surface area contributed by atoms with E-state index in [-0.39, 0.29) is 29.3 Å². The van der Waals surface area contributed by atoms with Gasteiger partial charge in [0.05, 0.1) is 23.3 Å². The number of sulfonamides is 1. The van der Waals surface area contributed by atoms with Crippen molar-refractivity contribution >= 4 is 33.2 Å². The summed E-state index contributed by atoms with van der Waals surface area (Å²) < 4.78 is 22.1. The lowest BCUT2D eigenvalue weighted by Gasteiger charge is -2.17. The number of hydrogen-bond donors (Lipinski definition) is 1. The Bertz CT molecular complexity index is 619. The van der Waals surface area contributed by atoms with Gasteiger partial charge in [-0.25, -0.2) is 23.5 Å². The molecule has 2 N–H and O–H groups in total. The van der Waals surface area contributed by atoms with E-state index in [9.17, 15) is 13.2 Å². The van der Waals surface area contributed by atoms with E-state index in [2.05, 4.69) is 9.97 Å². The Hall–Kier alpha value is -1.25. The minimum Gasteiger partial charge on any atom is -0.309 e. The number of nitrogens with zero attached hydrogens (tertiary/aromatic N) is 3. The van der Waals surface area contributed by atoms with Crippen molar-refractivity contribution in [3.63, 3.8) is 0 Å². The Morgan fingerprint density at radius 2 is 2.26 bits per heavy atom. The lowest BCUT2D eigenvalue weighted by atomic mass is 10.1. The number of anilines is 1. The van der Waals surface area contributed by atoms with Gasteiger partial charge in [-0.05, 0) is 18.5 Å². The molecule has 9 heteroatoms. The molecule has 0 saturated carbocycles. The molecule has 19 heavy (non-hydrogen) atoms. The van der Waals surface area contributed by atoms with Gasteiger partial charge in [0.1, 0.15) is 0 Å². The third-order valence-electron chi connectivity index (χ3n) is 2.89. The number of aromatic nitrogens is 2. The zero-order valence-electron chi connectivity index (χ0n) is 10.2. The van der Waals surface area contributed by atoms with Gasteiger partial charge < -0.3 is 4.90 Å². The number of nitrogens with two attached hydrogens (primary N) is 1. The van der Waals surface area contributed by atoms with Crippen molar-refractivity contribution in [2.24, 2.45) is 11.1 Å². The lowest BCUT2D eigenvalue weighted by molar-refractivity contribution is -0.117. The summed E-state index contributed by atoms with van der Waals surface area (Å²) in [5.41, 5.74) is 1.12. The monoisotopic (exact) mass is 304 g/mol. The summed E-state index contributed by atoms with van der Waals surface area (Å²) in [6.45, 7) is 2.00. The van der Waals surface area contributed by atoms with Crippen molar-refractivity contribution in [2.75, 3.05) is 17.2 Å². The molecule has 0 radical (unpaired) electrons.